The minimum atomic E-state index is -0.171. The molecule has 0 bridgehead atoms. The molecule has 3 nitrogen and oxygen atoms in total. The zero-order valence-electron chi connectivity index (χ0n) is 13.5. The summed E-state index contributed by atoms with van der Waals surface area (Å²) < 4.78 is 0. The number of thiophene rings is 1. The van der Waals surface area contributed by atoms with Crippen LogP contribution in [-0.4, -0.2) is 10.9 Å². The van der Waals surface area contributed by atoms with Crippen LogP contribution in [0.5, 0.6) is 0 Å². The predicted molar refractivity (Wildman–Crippen MR) is 104 cm³/mol. The first-order chi connectivity index (χ1) is 11.6. The lowest BCUT2D eigenvalue weighted by Gasteiger charge is -2.04. The van der Waals surface area contributed by atoms with Gasteiger partial charge in [-0.1, -0.05) is 44.2 Å². The van der Waals surface area contributed by atoms with Crippen molar-refractivity contribution in [2.45, 2.75) is 19.8 Å². The van der Waals surface area contributed by atoms with Crippen LogP contribution in [0, 0.1) is 0 Å². The second kappa shape index (κ2) is 7.55. The van der Waals surface area contributed by atoms with Gasteiger partial charge in [-0.15, -0.1) is 22.7 Å². The third kappa shape index (κ3) is 4.19. The Morgan fingerprint density at radius 2 is 1.96 bits per heavy atom. The van der Waals surface area contributed by atoms with Gasteiger partial charge < -0.3 is 0 Å². The first kappa shape index (κ1) is 16.6. The summed E-state index contributed by atoms with van der Waals surface area (Å²) in [6.07, 6.45) is 3.35. The maximum Gasteiger partial charge on any atom is 0.250 e. The quantitative estimate of drug-likeness (QED) is 0.602. The number of anilines is 1. The molecule has 0 aliphatic carbocycles. The molecule has 0 spiro atoms. The largest absolute Gasteiger partial charge is 0.298 e. The lowest BCUT2D eigenvalue weighted by atomic mass is 10.0. The van der Waals surface area contributed by atoms with E-state index in [0.717, 1.165) is 16.1 Å². The van der Waals surface area contributed by atoms with Crippen LogP contribution < -0.4 is 5.32 Å². The number of carbonyl (C=O) groups excluding carboxylic acids is 1. The summed E-state index contributed by atoms with van der Waals surface area (Å²) in [5.41, 5.74) is 3.20. The van der Waals surface area contributed by atoms with Crippen molar-refractivity contribution in [2.75, 3.05) is 5.32 Å². The van der Waals surface area contributed by atoms with Gasteiger partial charge in [0, 0.05) is 11.5 Å². The highest BCUT2D eigenvalue weighted by atomic mass is 32.1. The van der Waals surface area contributed by atoms with Crippen LogP contribution in [0.1, 0.15) is 30.9 Å². The highest BCUT2D eigenvalue weighted by Crippen LogP contribution is 2.28. The van der Waals surface area contributed by atoms with E-state index in [4.69, 9.17) is 0 Å². The molecule has 1 amide bonds. The molecule has 5 heteroatoms. The Morgan fingerprint density at radius 1 is 1.17 bits per heavy atom. The number of carbonyl (C=O) groups is 1. The normalized spacial score (nSPS) is 11.3. The molecule has 0 saturated heterocycles. The molecular formula is C19H18N2OS2. The van der Waals surface area contributed by atoms with Crippen molar-refractivity contribution in [1.29, 1.82) is 0 Å². The average molecular weight is 354 g/mol. The van der Waals surface area contributed by atoms with Crippen LogP contribution in [0.2, 0.25) is 0 Å². The molecule has 1 aromatic carbocycles. The van der Waals surface area contributed by atoms with Crippen molar-refractivity contribution < 1.29 is 4.79 Å². The molecule has 122 valence electrons. The molecule has 0 saturated carbocycles. The summed E-state index contributed by atoms with van der Waals surface area (Å²) >= 11 is 3.07. The smallest absolute Gasteiger partial charge is 0.250 e. The minimum Gasteiger partial charge on any atom is -0.298 e. The van der Waals surface area contributed by atoms with Gasteiger partial charge in [0.05, 0.1) is 10.6 Å². The van der Waals surface area contributed by atoms with E-state index in [1.807, 2.05) is 41.1 Å². The molecule has 0 radical (unpaired) electrons. The third-order valence-electron chi connectivity index (χ3n) is 3.54. The Bertz CT molecular complexity index is 831. The maximum absolute atomic E-state index is 12.0. The Balaban J connectivity index is 1.61. The molecule has 3 aromatic rings. The highest BCUT2D eigenvalue weighted by molar-refractivity contribution is 7.16. The van der Waals surface area contributed by atoms with Gasteiger partial charge in [-0.25, -0.2) is 4.98 Å². The van der Waals surface area contributed by atoms with Gasteiger partial charge in [0.25, 0.3) is 0 Å². The third-order valence-corrected chi connectivity index (χ3v) is 5.19. The van der Waals surface area contributed by atoms with Gasteiger partial charge in [0.2, 0.25) is 5.91 Å². The average Bonchev–Trinajstić information content (AvgIpc) is 3.24. The van der Waals surface area contributed by atoms with Crippen LogP contribution in [-0.2, 0) is 4.79 Å². The molecule has 2 aromatic heterocycles. The van der Waals surface area contributed by atoms with Crippen LogP contribution in [0.4, 0.5) is 5.13 Å². The molecule has 2 heterocycles. The van der Waals surface area contributed by atoms with Gasteiger partial charge >= 0.3 is 0 Å². The molecule has 0 aliphatic rings. The number of hydrogen-bond donors (Lipinski definition) is 1. The standard InChI is InChI=1S/C19H18N2OS2/c1-13(2)15-8-5-14(6-9-15)7-10-18(22)21-19-20-16(12-24-19)17-4-3-11-23-17/h3-13H,1-2H3,(H,20,21,22)/b10-7+. The van der Waals surface area contributed by atoms with Crippen molar-refractivity contribution in [1.82, 2.24) is 4.98 Å². The molecule has 24 heavy (non-hydrogen) atoms. The first-order valence-electron chi connectivity index (χ1n) is 7.70. The fourth-order valence-electron chi connectivity index (χ4n) is 2.18. The number of nitrogens with zero attached hydrogens (tertiary/aromatic N) is 1. The molecule has 0 atom stereocenters. The topological polar surface area (TPSA) is 42.0 Å². The Labute approximate surface area is 149 Å². The van der Waals surface area contributed by atoms with E-state index < -0.39 is 0 Å². The molecule has 3 rings (SSSR count). The van der Waals surface area contributed by atoms with Crippen molar-refractivity contribution in [3.8, 4) is 10.6 Å². The van der Waals surface area contributed by atoms with E-state index in [1.54, 1.807) is 11.3 Å². The predicted octanol–water partition coefficient (Wildman–Crippen LogP) is 5.65. The van der Waals surface area contributed by atoms with Crippen molar-refractivity contribution >= 4 is 39.8 Å². The van der Waals surface area contributed by atoms with Crippen molar-refractivity contribution in [3.05, 3.63) is 64.4 Å². The SMILES string of the molecule is CC(C)c1ccc(/C=C/C(=O)Nc2nc(-c3cccs3)cs2)cc1. The van der Waals surface area contributed by atoms with Crippen LogP contribution in [0.25, 0.3) is 16.6 Å². The first-order valence-corrected chi connectivity index (χ1v) is 9.46. The Hall–Kier alpha value is -2.24. The van der Waals surface area contributed by atoms with Crippen molar-refractivity contribution in [3.63, 3.8) is 0 Å². The number of benzene rings is 1. The number of hydrogen-bond acceptors (Lipinski definition) is 4. The van der Waals surface area contributed by atoms with Gasteiger partial charge in [-0.2, -0.15) is 0 Å². The number of aromatic nitrogens is 1. The van der Waals surface area contributed by atoms with E-state index in [2.05, 4.69) is 36.3 Å². The second-order valence-corrected chi connectivity index (χ2v) is 7.46. The van der Waals surface area contributed by atoms with E-state index in [-0.39, 0.29) is 5.91 Å². The molecular weight excluding hydrogens is 336 g/mol. The summed E-state index contributed by atoms with van der Waals surface area (Å²) in [5, 5.41) is 7.39. The zero-order chi connectivity index (χ0) is 16.9. The second-order valence-electron chi connectivity index (χ2n) is 5.66. The summed E-state index contributed by atoms with van der Waals surface area (Å²) in [6, 6.07) is 12.2. The summed E-state index contributed by atoms with van der Waals surface area (Å²) in [7, 11) is 0. The molecule has 0 unspecified atom stereocenters. The van der Waals surface area contributed by atoms with Gasteiger partial charge in [-0.05, 0) is 34.6 Å². The lowest BCUT2D eigenvalue weighted by molar-refractivity contribution is -0.111. The fraction of sp³-hybridized carbons (Fsp3) is 0.158. The van der Waals surface area contributed by atoms with E-state index in [9.17, 15) is 4.79 Å². The van der Waals surface area contributed by atoms with Gasteiger partial charge in [0.1, 0.15) is 0 Å². The maximum atomic E-state index is 12.0. The lowest BCUT2D eigenvalue weighted by Crippen LogP contribution is -2.07. The molecule has 0 aliphatic heterocycles. The monoisotopic (exact) mass is 354 g/mol. The van der Waals surface area contributed by atoms with Crippen LogP contribution >= 0.6 is 22.7 Å². The Kier molecular flexibility index (Phi) is 5.23. The highest BCUT2D eigenvalue weighted by Gasteiger charge is 2.07. The number of amides is 1. The summed E-state index contributed by atoms with van der Waals surface area (Å²) in [6.45, 7) is 4.33. The number of nitrogens with one attached hydrogen (secondary N) is 1. The summed E-state index contributed by atoms with van der Waals surface area (Å²) in [4.78, 5) is 17.6. The molecule has 1 N–H and O–H groups in total. The van der Waals surface area contributed by atoms with Crippen molar-refractivity contribution in [2.24, 2.45) is 0 Å². The minimum absolute atomic E-state index is 0.171. The zero-order valence-corrected chi connectivity index (χ0v) is 15.2. The van der Waals surface area contributed by atoms with E-state index >= 15 is 0 Å². The van der Waals surface area contributed by atoms with Gasteiger partial charge in [-0.3, -0.25) is 10.1 Å². The van der Waals surface area contributed by atoms with E-state index in [0.29, 0.717) is 11.0 Å². The number of thiazole rings is 1. The fourth-order valence-corrected chi connectivity index (χ4v) is 3.65. The van der Waals surface area contributed by atoms with E-state index in [1.165, 1.54) is 23.0 Å². The van der Waals surface area contributed by atoms with Crippen LogP contribution in [0.3, 0.4) is 0 Å². The molecule has 0 fully saturated rings. The van der Waals surface area contributed by atoms with Gasteiger partial charge in [0.15, 0.2) is 5.13 Å². The Morgan fingerprint density at radius 3 is 2.62 bits per heavy atom. The summed E-state index contributed by atoms with van der Waals surface area (Å²) in [5.74, 6) is 0.337. The van der Waals surface area contributed by atoms with Crippen LogP contribution in [0.15, 0.2) is 53.2 Å². The number of rotatable bonds is 5.